The van der Waals surface area contributed by atoms with Crippen LogP contribution in [0.4, 0.5) is 0 Å². The molecule has 4 nitrogen and oxygen atoms in total. The smallest absolute Gasteiger partial charge is 0.328 e. The fraction of sp³-hybridized carbons (Fsp3) is 0.182. The lowest BCUT2D eigenvalue weighted by Gasteiger charge is -2.07. The molecular weight excluding hydrogens is 196 g/mol. The molecular formula is C11H12O4. The number of ether oxygens (including phenoxy) is 2. The first kappa shape index (κ1) is 11.3. The van der Waals surface area contributed by atoms with Gasteiger partial charge in [-0.05, 0) is 12.1 Å². The molecule has 0 aliphatic heterocycles. The molecule has 0 heterocycles. The normalized spacial score (nSPS) is 10.5. The van der Waals surface area contributed by atoms with Crippen LogP contribution in [-0.2, 0) is 9.53 Å². The Bertz CT molecular complexity index is 357. The number of carboxylic acids is 1. The van der Waals surface area contributed by atoms with Crippen molar-refractivity contribution in [3.05, 3.63) is 35.9 Å². The Labute approximate surface area is 87.7 Å². The van der Waals surface area contributed by atoms with Gasteiger partial charge in [-0.2, -0.15) is 0 Å². The summed E-state index contributed by atoms with van der Waals surface area (Å²) in [5, 5.41) is 8.49. The van der Waals surface area contributed by atoms with Crippen LogP contribution in [0.3, 0.4) is 0 Å². The third-order valence-electron chi connectivity index (χ3n) is 1.66. The zero-order valence-electron chi connectivity index (χ0n) is 8.34. The molecule has 4 heteroatoms. The van der Waals surface area contributed by atoms with Gasteiger partial charge in [0, 0.05) is 18.7 Å². The zero-order chi connectivity index (χ0) is 11.1. The molecule has 0 spiro atoms. The molecule has 1 N–H and O–H groups in total. The Morgan fingerprint density at radius 1 is 1.47 bits per heavy atom. The van der Waals surface area contributed by atoms with E-state index < -0.39 is 5.97 Å². The molecule has 0 radical (unpaired) electrons. The summed E-state index contributed by atoms with van der Waals surface area (Å²) in [5.74, 6) is -0.395. The van der Waals surface area contributed by atoms with E-state index in [1.54, 1.807) is 18.2 Å². The zero-order valence-corrected chi connectivity index (χ0v) is 8.34. The molecule has 15 heavy (non-hydrogen) atoms. The summed E-state index contributed by atoms with van der Waals surface area (Å²) in [5.41, 5.74) is 0.706. The van der Waals surface area contributed by atoms with Crippen molar-refractivity contribution in [3.8, 4) is 5.75 Å². The molecule has 1 rings (SSSR count). The molecule has 0 fully saturated rings. The van der Waals surface area contributed by atoms with Gasteiger partial charge in [0.15, 0.2) is 6.79 Å². The second-order valence-corrected chi connectivity index (χ2v) is 2.76. The van der Waals surface area contributed by atoms with Crippen LogP contribution in [0.2, 0.25) is 0 Å². The van der Waals surface area contributed by atoms with E-state index in [2.05, 4.69) is 0 Å². The lowest BCUT2D eigenvalue weighted by molar-refractivity contribution is -0.131. The second kappa shape index (κ2) is 5.82. The predicted octanol–water partition coefficient (Wildman–Crippen LogP) is 1.77. The highest BCUT2D eigenvalue weighted by atomic mass is 16.7. The first-order valence-corrected chi connectivity index (χ1v) is 4.36. The van der Waals surface area contributed by atoms with Crippen LogP contribution in [0.15, 0.2) is 30.3 Å². The predicted molar refractivity (Wildman–Crippen MR) is 55.6 cm³/mol. The van der Waals surface area contributed by atoms with Crippen LogP contribution >= 0.6 is 0 Å². The molecule has 80 valence electrons. The molecule has 0 atom stereocenters. The quantitative estimate of drug-likeness (QED) is 0.591. The van der Waals surface area contributed by atoms with Gasteiger partial charge in [0.05, 0.1) is 0 Å². The van der Waals surface area contributed by atoms with Crippen molar-refractivity contribution in [1.29, 1.82) is 0 Å². The van der Waals surface area contributed by atoms with Crippen molar-refractivity contribution in [2.24, 2.45) is 0 Å². The number of methoxy groups -OCH3 is 1. The highest BCUT2D eigenvalue weighted by Crippen LogP contribution is 2.19. The summed E-state index contributed by atoms with van der Waals surface area (Å²) in [6, 6.07) is 7.13. The van der Waals surface area contributed by atoms with Crippen LogP contribution in [0, 0.1) is 0 Å². The number of carboxylic acid groups (broad SMARTS) is 1. The summed E-state index contributed by atoms with van der Waals surface area (Å²) < 4.78 is 10.0. The fourth-order valence-electron chi connectivity index (χ4n) is 1.03. The number of rotatable bonds is 5. The highest BCUT2D eigenvalue weighted by molar-refractivity contribution is 5.85. The molecule has 0 unspecified atom stereocenters. The van der Waals surface area contributed by atoms with Crippen molar-refractivity contribution in [2.45, 2.75) is 0 Å². The topological polar surface area (TPSA) is 55.8 Å². The minimum Gasteiger partial charge on any atom is -0.478 e. The largest absolute Gasteiger partial charge is 0.478 e. The average Bonchev–Trinajstić information content (AvgIpc) is 2.24. The number of para-hydroxylation sites is 1. The second-order valence-electron chi connectivity index (χ2n) is 2.76. The van der Waals surface area contributed by atoms with E-state index >= 15 is 0 Å². The number of hydrogen-bond donors (Lipinski definition) is 1. The van der Waals surface area contributed by atoms with Gasteiger partial charge in [-0.25, -0.2) is 4.79 Å². The van der Waals surface area contributed by atoms with Gasteiger partial charge in [0.2, 0.25) is 0 Å². The van der Waals surface area contributed by atoms with Gasteiger partial charge in [0.25, 0.3) is 0 Å². The molecule has 0 saturated carbocycles. The summed E-state index contributed by atoms with van der Waals surface area (Å²) in [7, 11) is 1.52. The maximum Gasteiger partial charge on any atom is 0.328 e. The van der Waals surface area contributed by atoms with E-state index in [0.717, 1.165) is 6.08 Å². The first-order chi connectivity index (χ1) is 7.24. The molecule has 0 amide bonds. The lowest BCUT2D eigenvalue weighted by atomic mass is 10.2. The SMILES string of the molecule is COCOc1ccccc1C=CC(=O)O. The Morgan fingerprint density at radius 3 is 2.87 bits per heavy atom. The fourth-order valence-corrected chi connectivity index (χ4v) is 1.03. The monoisotopic (exact) mass is 208 g/mol. The van der Waals surface area contributed by atoms with Gasteiger partial charge in [-0.3, -0.25) is 0 Å². The number of benzene rings is 1. The van der Waals surface area contributed by atoms with Gasteiger partial charge in [0.1, 0.15) is 5.75 Å². The molecule has 1 aromatic carbocycles. The maximum atomic E-state index is 10.3. The van der Waals surface area contributed by atoms with E-state index in [4.69, 9.17) is 14.6 Å². The number of aliphatic carboxylic acids is 1. The number of hydrogen-bond acceptors (Lipinski definition) is 3. The van der Waals surface area contributed by atoms with Crippen LogP contribution in [-0.4, -0.2) is 25.0 Å². The Balaban J connectivity index is 2.81. The Morgan fingerprint density at radius 2 is 2.20 bits per heavy atom. The van der Waals surface area contributed by atoms with Crippen LogP contribution in [0.25, 0.3) is 6.08 Å². The third-order valence-corrected chi connectivity index (χ3v) is 1.66. The van der Waals surface area contributed by atoms with Crippen LogP contribution in [0.1, 0.15) is 5.56 Å². The van der Waals surface area contributed by atoms with E-state index in [-0.39, 0.29) is 6.79 Å². The summed E-state index contributed by atoms with van der Waals surface area (Å²) in [6.07, 6.45) is 2.54. The van der Waals surface area contributed by atoms with Crippen molar-refractivity contribution in [3.63, 3.8) is 0 Å². The minimum absolute atomic E-state index is 0.137. The molecule has 1 aromatic rings. The minimum atomic E-state index is -0.989. The lowest BCUT2D eigenvalue weighted by Crippen LogP contribution is -2.00. The van der Waals surface area contributed by atoms with Gasteiger partial charge < -0.3 is 14.6 Å². The first-order valence-electron chi connectivity index (χ1n) is 4.36. The molecule has 0 aliphatic carbocycles. The van der Waals surface area contributed by atoms with Gasteiger partial charge in [-0.15, -0.1) is 0 Å². The molecule has 0 aliphatic rings. The summed E-state index contributed by atoms with van der Waals surface area (Å²) in [4.78, 5) is 10.3. The molecule has 0 saturated heterocycles. The molecule has 0 bridgehead atoms. The number of carbonyl (C=O) groups is 1. The standard InChI is InChI=1S/C11H12O4/c1-14-8-15-10-5-3-2-4-9(10)6-7-11(12)13/h2-7H,8H2,1H3,(H,12,13). The average molecular weight is 208 g/mol. The Kier molecular flexibility index (Phi) is 4.37. The van der Waals surface area contributed by atoms with Gasteiger partial charge in [-0.1, -0.05) is 18.2 Å². The van der Waals surface area contributed by atoms with E-state index in [1.807, 2.05) is 6.07 Å². The van der Waals surface area contributed by atoms with E-state index in [9.17, 15) is 4.79 Å². The third kappa shape index (κ3) is 3.83. The van der Waals surface area contributed by atoms with Crippen molar-refractivity contribution >= 4 is 12.0 Å². The maximum absolute atomic E-state index is 10.3. The highest BCUT2D eigenvalue weighted by Gasteiger charge is 1.99. The van der Waals surface area contributed by atoms with Crippen LogP contribution < -0.4 is 4.74 Å². The van der Waals surface area contributed by atoms with E-state index in [0.29, 0.717) is 11.3 Å². The van der Waals surface area contributed by atoms with Crippen molar-refractivity contribution in [1.82, 2.24) is 0 Å². The van der Waals surface area contributed by atoms with Gasteiger partial charge >= 0.3 is 5.97 Å². The Hall–Kier alpha value is -1.81. The summed E-state index contributed by atoms with van der Waals surface area (Å²) in [6.45, 7) is 0.137. The van der Waals surface area contributed by atoms with Crippen LogP contribution in [0.5, 0.6) is 5.75 Å². The van der Waals surface area contributed by atoms with Crippen molar-refractivity contribution in [2.75, 3.05) is 13.9 Å². The molecule has 0 aromatic heterocycles. The van der Waals surface area contributed by atoms with Crippen molar-refractivity contribution < 1.29 is 19.4 Å². The van der Waals surface area contributed by atoms with E-state index in [1.165, 1.54) is 13.2 Å². The summed E-state index contributed by atoms with van der Waals surface area (Å²) >= 11 is 0.